The van der Waals surface area contributed by atoms with Crippen LogP contribution in [0.3, 0.4) is 0 Å². The lowest BCUT2D eigenvalue weighted by atomic mass is 9.85. The molecule has 2 fully saturated rings. The molecule has 18 heavy (non-hydrogen) atoms. The summed E-state index contributed by atoms with van der Waals surface area (Å²) in [6, 6.07) is 0.431. The zero-order valence-electron chi connectivity index (χ0n) is 10.8. The van der Waals surface area contributed by atoms with Crippen LogP contribution in [0.5, 0.6) is 0 Å². The Labute approximate surface area is 107 Å². The summed E-state index contributed by atoms with van der Waals surface area (Å²) in [5.74, 6) is 0.763. The first-order valence-electron chi connectivity index (χ1n) is 6.77. The van der Waals surface area contributed by atoms with Gasteiger partial charge in [-0.2, -0.15) is 5.10 Å². The number of nitrogens with zero attached hydrogens (tertiary/aromatic N) is 3. The highest BCUT2D eigenvalue weighted by Gasteiger charge is 2.39. The summed E-state index contributed by atoms with van der Waals surface area (Å²) in [6.07, 6.45) is 7.68. The lowest BCUT2D eigenvalue weighted by Crippen LogP contribution is -2.40. The molecule has 0 spiro atoms. The molecular weight excluding hydrogens is 228 g/mol. The van der Waals surface area contributed by atoms with E-state index in [-0.39, 0.29) is 5.91 Å². The van der Waals surface area contributed by atoms with Gasteiger partial charge >= 0.3 is 0 Å². The minimum atomic E-state index is 0.0573. The number of aromatic nitrogens is 2. The maximum atomic E-state index is 12.6. The summed E-state index contributed by atoms with van der Waals surface area (Å²) in [5, 5.41) is 4.06. The van der Waals surface area contributed by atoms with Crippen molar-refractivity contribution in [2.75, 3.05) is 12.3 Å². The van der Waals surface area contributed by atoms with Gasteiger partial charge < -0.3 is 10.6 Å². The molecule has 2 unspecified atom stereocenters. The average molecular weight is 248 g/mol. The molecule has 0 radical (unpaired) electrons. The molecule has 0 aromatic carbocycles. The minimum Gasteiger partial charge on any atom is -0.396 e. The maximum absolute atomic E-state index is 12.6. The van der Waals surface area contributed by atoms with Gasteiger partial charge in [0.05, 0.1) is 11.9 Å². The second kappa shape index (κ2) is 4.30. The maximum Gasteiger partial charge on any atom is 0.274 e. The number of hydrogen-bond donors (Lipinski definition) is 1. The highest BCUT2D eigenvalue weighted by Crippen LogP contribution is 2.37. The fraction of sp³-hybridized carbons (Fsp3) is 0.692. The van der Waals surface area contributed by atoms with Crippen LogP contribution < -0.4 is 5.73 Å². The lowest BCUT2D eigenvalue weighted by molar-refractivity contribution is 0.0680. The van der Waals surface area contributed by atoms with E-state index in [9.17, 15) is 4.79 Å². The van der Waals surface area contributed by atoms with Crippen LogP contribution >= 0.6 is 0 Å². The van der Waals surface area contributed by atoms with Crippen molar-refractivity contribution in [1.82, 2.24) is 14.7 Å². The Bertz CT molecular complexity index is 448. The fourth-order valence-corrected chi connectivity index (χ4v) is 3.51. The smallest absolute Gasteiger partial charge is 0.274 e. The van der Waals surface area contributed by atoms with E-state index in [0.29, 0.717) is 23.3 Å². The first-order valence-corrected chi connectivity index (χ1v) is 6.77. The molecule has 1 saturated heterocycles. The largest absolute Gasteiger partial charge is 0.396 e. The van der Waals surface area contributed by atoms with Crippen LogP contribution in [0.2, 0.25) is 0 Å². The molecule has 5 nitrogen and oxygen atoms in total. The summed E-state index contributed by atoms with van der Waals surface area (Å²) >= 11 is 0. The summed E-state index contributed by atoms with van der Waals surface area (Å²) in [5.41, 5.74) is 6.88. The molecule has 1 aliphatic carbocycles. The zero-order valence-corrected chi connectivity index (χ0v) is 10.8. The number of likely N-dealkylation sites (tertiary alicyclic amines) is 1. The van der Waals surface area contributed by atoms with Crippen molar-refractivity contribution in [1.29, 1.82) is 0 Å². The first-order chi connectivity index (χ1) is 8.68. The number of nitrogen functional groups attached to an aromatic ring is 1. The molecule has 2 aliphatic rings. The van der Waals surface area contributed by atoms with E-state index in [1.165, 1.54) is 19.3 Å². The number of fused-ring (bicyclic) bond motifs is 1. The monoisotopic (exact) mass is 248 g/mol. The van der Waals surface area contributed by atoms with Gasteiger partial charge in [-0.05, 0) is 25.2 Å². The van der Waals surface area contributed by atoms with E-state index in [1.54, 1.807) is 17.9 Å². The van der Waals surface area contributed by atoms with Crippen molar-refractivity contribution < 1.29 is 4.79 Å². The molecule has 2 heterocycles. The predicted molar refractivity (Wildman–Crippen MR) is 69.0 cm³/mol. The van der Waals surface area contributed by atoms with Crippen LogP contribution in [0.1, 0.15) is 42.6 Å². The van der Waals surface area contributed by atoms with E-state index >= 15 is 0 Å². The van der Waals surface area contributed by atoms with Crippen molar-refractivity contribution in [2.45, 2.75) is 38.1 Å². The van der Waals surface area contributed by atoms with Gasteiger partial charge in [-0.1, -0.05) is 12.8 Å². The Morgan fingerprint density at radius 3 is 2.89 bits per heavy atom. The fourth-order valence-electron chi connectivity index (χ4n) is 3.51. The first kappa shape index (κ1) is 11.6. The molecule has 2 atom stereocenters. The highest BCUT2D eigenvalue weighted by molar-refractivity contribution is 5.97. The van der Waals surface area contributed by atoms with E-state index in [1.807, 2.05) is 4.90 Å². The van der Waals surface area contributed by atoms with Gasteiger partial charge in [-0.15, -0.1) is 0 Å². The molecule has 2 N–H and O–H groups in total. The number of aryl methyl sites for hydroxylation is 1. The van der Waals surface area contributed by atoms with Gasteiger partial charge in [0.1, 0.15) is 5.69 Å². The topological polar surface area (TPSA) is 64.2 Å². The van der Waals surface area contributed by atoms with Gasteiger partial charge in [-0.3, -0.25) is 9.48 Å². The zero-order chi connectivity index (χ0) is 12.7. The second-order valence-electron chi connectivity index (χ2n) is 5.47. The van der Waals surface area contributed by atoms with E-state index in [0.717, 1.165) is 19.4 Å². The lowest BCUT2D eigenvalue weighted by Gasteiger charge is -2.31. The Morgan fingerprint density at radius 1 is 1.39 bits per heavy atom. The van der Waals surface area contributed by atoms with Crippen molar-refractivity contribution >= 4 is 11.6 Å². The van der Waals surface area contributed by atoms with Gasteiger partial charge in [0, 0.05) is 19.6 Å². The third kappa shape index (κ3) is 1.69. The van der Waals surface area contributed by atoms with Gasteiger partial charge in [0.15, 0.2) is 0 Å². The number of rotatable bonds is 1. The molecule has 0 bridgehead atoms. The Morgan fingerprint density at radius 2 is 2.17 bits per heavy atom. The summed E-state index contributed by atoms with van der Waals surface area (Å²) in [6.45, 7) is 0.874. The normalized spacial score (nSPS) is 27.3. The molecule has 3 rings (SSSR count). The molecular formula is C13H20N4O. The van der Waals surface area contributed by atoms with Crippen LogP contribution in [0, 0.1) is 5.92 Å². The summed E-state index contributed by atoms with van der Waals surface area (Å²) < 4.78 is 1.59. The number of amides is 1. The molecule has 1 amide bonds. The molecule has 1 saturated carbocycles. The van der Waals surface area contributed by atoms with Crippen molar-refractivity contribution in [3.8, 4) is 0 Å². The van der Waals surface area contributed by atoms with E-state index < -0.39 is 0 Å². The number of carbonyl (C=O) groups excluding carboxylic acids is 1. The van der Waals surface area contributed by atoms with Gasteiger partial charge in [0.2, 0.25) is 0 Å². The SMILES string of the molecule is Cn1ncc(N)c1C(=O)N1CCC2CCCCC21. The van der Waals surface area contributed by atoms with E-state index in [4.69, 9.17) is 5.73 Å². The Kier molecular flexibility index (Phi) is 2.76. The Hall–Kier alpha value is -1.52. The van der Waals surface area contributed by atoms with Crippen molar-refractivity contribution in [3.63, 3.8) is 0 Å². The quantitative estimate of drug-likeness (QED) is 0.817. The van der Waals surface area contributed by atoms with Crippen LogP contribution in [0.15, 0.2) is 6.20 Å². The minimum absolute atomic E-state index is 0.0573. The molecule has 98 valence electrons. The molecule has 1 aromatic rings. The highest BCUT2D eigenvalue weighted by atomic mass is 16.2. The van der Waals surface area contributed by atoms with Crippen molar-refractivity contribution in [3.05, 3.63) is 11.9 Å². The molecule has 1 aromatic heterocycles. The molecule has 5 heteroatoms. The van der Waals surface area contributed by atoms with Crippen LogP contribution in [0.25, 0.3) is 0 Å². The number of hydrogen-bond acceptors (Lipinski definition) is 3. The number of nitrogens with two attached hydrogens (primary N) is 1. The van der Waals surface area contributed by atoms with E-state index in [2.05, 4.69) is 5.10 Å². The third-order valence-corrected chi connectivity index (χ3v) is 4.44. The van der Waals surface area contributed by atoms with Gasteiger partial charge in [0.25, 0.3) is 5.91 Å². The van der Waals surface area contributed by atoms with Gasteiger partial charge in [-0.25, -0.2) is 0 Å². The van der Waals surface area contributed by atoms with Crippen molar-refractivity contribution in [2.24, 2.45) is 13.0 Å². The summed E-state index contributed by atoms with van der Waals surface area (Å²) in [7, 11) is 1.78. The van der Waals surface area contributed by atoms with Crippen LogP contribution in [-0.2, 0) is 7.05 Å². The van der Waals surface area contributed by atoms with Crippen LogP contribution in [0.4, 0.5) is 5.69 Å². The second-order valence-corrected chi connectivity index (χ2v) is 5.47. The number of carbonyl (C=O) groups is 1. The standard InChI is InChI=1S/C13H20N4O/c1-16-12(10(14)8-15-16)13(18)17-7-6-9-4-2-3-5-11(9)17/h8-9,11H,2-7,14H2,1H3. The third-order valence-electron chi connectivity index (χ3n) is 4.44. The number of anilines is 1. The summed E-state index contributed by atoms with van der Waals surface area (Å²) in [4.78, 5) is 14.6. The average Bonchev–Trinajstić information content (AvgIpc) is 2.93. The van der Waals surface area contributed by atoms with Crippen LogP contribution in [-0.4, -0.2) is 33.2 Å². The molecule has 1 aliphatic heterocycles. The predicted octanol–water partition coefficient (Wildman–Crippen LogP) is 1.41. The Balaban J connectivity index is 1.85.